The van der Waals surface area contributed by atoms with Crippen molar-refractivity contribution in [3.8, 4) is 11.5 Å². The van der Waals surface area contributed by atoms with Gasteiger partial charge in [-0.15, -0.1) is 0 Å². The number of benzene rings is 1. The number of nitrogens with zero attached hydrogens (tertiary/aromatic N) is 4. The Balaban J connectivity index is 1.44. The highest BCUT2D eigenvalue weighted by Crippen LogP contribution is 2.31. The van der Waals surface area contributed by atoms with E-state index in [1.165, 1.54) is 43.9 Å². The van der Waals surface area contributed by atoms with Gasteiger partial charge < -0.3 is 19.7 Å². The Morgan fingerprint density at radius 2 is 1.64 bits per heavy atom. The third-order valence-electron chi connectivity index (χ3n) is 6.33. The molecule has 0 bridgehead atoms. The maximum atomic E-state index is 13.2. The SMILES string of the molecule is COc1ccc(S(=O)(=O)N2CCN(c3cc(C)nc(NC4CCCCC4)n3)CC2)cc1OC. The number of aromatic nitrogens is 2. The molecule has 4 rings (SSSR count). The van der Waals surface area contributed by atoms with E-state index in [1.807, 2.05) is 13.0 Å². The number of methoxy groups -OCH3 is 2. The van der Waals surface area contributed by atoms with E-state index in [2.05, 4.69) is 15.2 Å². The van der Waals surface area contributed by atoms with Crippen LogP contribution in [0.1, 0.15) is 37.8 Å². The van der Waals surface area contributed by atoms with Crippen LogP contribution >= 0.6 is 0 Å². The number of sulfonamides is 1. The molecule has 180 valence electrons. The Hall–Kier alpha value is -2.59. The minimum atomic E-state index is -3.63. The second-order valence-electron chi connectivity index (χ2n) is 8.58. The van der Waals surface area contributed by atoms with Crippen LogP contribution in [-0.2, 0) is 10.0 Å². The van der Waals surface area contributed by atoms with E-state index in [-0.39, 0.29) is 4.90 Å². The van der Waals surface area contributed by atoms with Gasteiger partial charge in [0.25, 0.3) is 0 Å². The summed E-state index contributed by atoms with van der Waals surface area (Å²) in [4.78, 5) is 11.6. The van der Waals surface area contributed by atoms with Crippen LogP contribution in [0.2, 0.25) is 0 Å². The van der Waals surface area contributed by atoms with Gasteiger partial charge in [0.1, 0.15) is 5.82 Å². The summed E-state index contributed by atoms with van der Waals surface area (Å²) in [5.74, 6) is 2.39. The number of rotatable bonds is 7. The second kappa shape index (κ2) is 10.1. The summed E-state index contributed by atoms with van der Waals surface area (Å²) >= 11 is 0. The van der Waals surface area contributed by atoms with Crippen molar-refractivity contribution < 1.29 is 17.9 Å². The summed E-state index contributed by atoms with van der Waals surface area (Å²) in [7, 11) is -0.617. The summed E-state index contributed by atoms with van der Waals surface area (Å²) in [5.41, 5.74) is 0.902. The van der Waals surface area contributed by atoms with Gasteiger partial charge >= 0.3 is 0 Å². The molecule has 9 nitrogen and oxygen atoms in total. The maximum absolute atomic E-state index is 13.2. The average Bonchev–Trinajstić information content (AvgIpc) is 2.84. The predicted molar refractivity (Wildman–Crippen MR) is 128 cm³/mol. The lowest BCUT2D eigenvalue weighted by Crippen LogP contribution is -2.49. The van der Waals surface area contributed by atoms with E-state index in [1.54, 1.807) is 12.1 Å². The fraction of sp³-hybridized carbons (Fsp3) is 0.565. The Labute approximate surface area is 196 Å². The molecule has 2 heterocycles. The highest BCUT2D eigenvalue weighted by molar-refractivity contribution is 7.89. The Morgan fingerprint density at radius 3 is 2.30 bits per heavy atom. The lowest BCUT2D eigenvalue weighted by Gasteiger charge is -2.35. The number of hydrogen-bond acceptors (Lipinski definition) is 8. The molecule has 2 fully saturated rings. The molecular formula is C23H33N5O4S. The second-order valence-corrected chi connectivity index (χ2v) is 10.5. The van der Waals surface area contributed by atoms with Gasteiger partial charge in [-0.05, 0) is 31.9 Å². The number of aryl methyl sites for hydroxylation is 1. The molecule has 1 saturated carbocycles. The fourth-order valence-corrected chi connectivity index (χ4v) is 5.93. The largest absolute Gasteiger partial charge is 0.493 e. The first-order valence-corrected chi connectivity index (χ1v) is 12.9. The summed E-state index contributed by atoms with van der Waals surface area (Å²) in [6.07, 6.45) is 6.09. The summed E-state index contributed by atoms with van der Waals surface area (Å²) < 4.78 is 38.4. The molecule has 2 aromatic rings. The molecule has 1 saturated heterocycles. The van der Waals surface area contributed by atoms with Gasteiger partial charge in [0.15, 0.2) is 11.5 Å². The number of nitrogens with one attached hydrogen (secondary N) is 1. The summed E-state index contributed by atoms with van der Waals surface area (Å²) in [5, 5.41) is 3.50. The van der Waals surface area contributed by atoms with E-state index < -0.39 is 10.0 Å². The van der Waals surface area contributed by atoms with E-state index in [0.29, 0.717) is 49.7 Å². The Bertz CT molecular complexity index is 1060. The molecule has 33 heavy (non-hydrogen) atoms. The molecule has 10 heteroatoms. The van der Waals surface area contributed by atoms with Crippen molar-refractivity contribution in [2.75, 3.05) is 50.6 Å². The van der Waals surface area contributed by atoms with Crippen molar-refractivity contribution in [1.82, 2.24) is 14.3 Å². The number of hydrogen-bond donors (Lipinski definition) is 1. The predicted octanol–water partition coefficient (Wildman–Crippen LogP) is 3.06. The molecule has 1 aliphatic carbocycles. The molecule has 0 unspecified atom stereocenters. The van der Waals surface area contributed by atoms with Crippen LogP contribution in [0.4, 0.5) is 11.8 Å². The zero-order valence-electron chi connectivity index (χ0n) is 19.6. The lowest BCUT2D eigenvalue weighted by atomic mass is 9.96. The van der Waals surface area contributed by atoms with E-state index in [4.69, 9.17) is 14.5 Å². The molecule has 1 aromatic carbocycles. The Morgan fingerprint density at radius 1 is 0.939 bits per heavy atom. The van der Waals surface area contributed by atoms with Crippen molar-refractivity contribution >= 4 is 21.8 Å². The van der Waals surface area contributed by atoms with Crippen LogP contribution in [0.3, 0.4) is 0 Å². The zero-order chi connectivity index (χ0) is 23.4. The van der Waals surface area contributed by atoms with Crippen molar-refractivity contribution in [3.63, 3.8) is 0 Å². The third kappa shape index (κ3) is 5.33. The van der Waals surface area contributed by atoms with Crippen molar-refractivity contribution in [1.29, 1.82) is 0 Å². The molecule has 2 aliphatic rings. The quantitative estimate of drug-likeness (QED) is 0.653. The van der Waals surface area contributed by atoms with Gasteiger partial charge in [0.05, 0.1) is 19.1 Å². The highest BCUT2D eigenvalue weighted by Gasteiger charge is 2.30. The minimum absolute atomic E-state index is 0.199. The van der Waals surface area contributed by atoms with Crippen LogP contribution in [0.25, 0.3) is 0 Å². The van der Waals surface area contributed by atoms with Crippen LogP contribution in [0, 0.1) is 6.92 Å². The minimum Gasteiger partial charge on any atom is -0.493 e. The standard InChI is InChI=1S/C23H33N5O4S/c1-17-15-22(26-23(24-17)25-18-7-5-4-6-8-18)27-11-13-28(14-12-27)33(29,30)19-9-10-20(31-2)21(16-19)32-3/h9-10,15-16,18H,4-8,11-14H2,1-3H3,(H,24,25,26). The summed E-state index contributed by atoms with van der Waals surface area (Å²) in [6, 6.07) is 7.08. The van der Waals surface area contributed by atoms with Gasteiger partial charge in [-0.3, -0.25) is 0 Å². The first kappa shape index (κ1) is 23.6. The molecular weight excluding hydrogens is 442 g/mol. The van der Waals surface area contributed by atoms with Crippen LogP contribution in [0.5, 0.6) is 11.5 Å². The van der Waals surface area contributed by atoms with Gasteiger partial charge in [-0.1, -0.05) is 19.3 Å². The molecule has 0 spiro atoms. The molecule has 1 aromatic heterocycles. The van der Waals surface area contributed by atoms with Crippen molar-refractivity contribution in [3.05, 3.63) is 30.0 Å². The molecule has 1 aliphatic heterocycles. The first-order chi connectivity index (χ1) is 15.9. The van der Waals surface area contributed by atoms with Crippen LogP contribution < -0.4 is 19.7 Å². The highest BCUT2D eigenvalue weighted by atomic mass is 32.2. The number of ether oxygens (including phenoxy) is 2. The first-order valence-electron chi connectivity index (χ1n) is 11.5. The van der Waals surface area contributed by atoms with Gasteiger partial charge in [-0.25, -0.2) is 13.4 Å². The van der Waals surface area contributed by atoms with Gasteiger partial charge in [-0.2, -0.15) is 9.29 Å². The van der Waals surface area contributed by atoms with E-state index in [0.717, 1.165) is 24.4 Å². The van der Waals surface area contributed by atoms with Gasteiger partial charge in [0, 0.05) is 50.0 Å². The third-order valence-corrected chi connectivity index (χ3v) is 8.23. The monoisotopic (exact) mass is 475 g/mol. The zero-order valence-corrected chi connectivity index (χ0v) is 20.4. The van der Waals surface area contributed by atoms with Crippen LogP contribution in [-0.4, -0.2) is 69.1 Å². The van der Waals surface area contributed by atoms with Crippen LogP contribution in [0.15, 0.2) is 29.2 Å². The number of anilines is 2. The van der Waals surface area contributed by atoms with Crippen molar-refractivity contribution in [2.45, 2.75) is 50.0 Å². The Kier molecular flexibility index (Phi) is 7.23. The van der Waals surface area contributed by atoms with E-state index in [9.17, 15) is 8.42 Å². The lowest BCUT2D eigenvalue weighted by molar-refractivity contribution is 0.353. The molecule has 1 N–H and O–H groups in total. The maximum Gasteiger partial charge on any atom is 0.243 e. The van der Waals surface area contributed by atoms with E-state index >= 15 is 0 Å². The molecule has 0 radical (unpaired) electrons. The smallest absolute Gasteiger partial charge is 0.243 e. The summed E-state index contributed by atoms with van der Waals surface area (Å²) in [6.45, 7) is 3.85. The number of piperazine rings is 1. The van der Waals surface area contributed by atoms with Gasteiger partial charge in [0.2, 0.25) is 16.0 Å². The fourth-order valence-electron chi connectivity index (χ4n) is 4.49. The average molecular weight is 476 g/mol. The topological polar surface area (TPSA) is 96.9 Å². The molecule has 0 amide bonds. The molecule has 0 atom stereocenters. The van der Waals surface area contributed by atoms with Crippen molar-refractivity contribution in [2.24, 2.45) is 0 Å². The normalized spacial score (nSPS) is 18.2.